The molecule has 0 N–H and O–H groups in total. The maximum Gasteiger partial charge on any atom is 0.344 e. The van der Waals surface area contributed by atoms with Gasteiger partial charge in [0.25, 0.3) is 46.1 Å². The zero-order valence-electron chi connectivity index (χ0n) is 74.3. The molecule has 0 amide bonds. The predicted octanol–water partition coefficient (Wildman–Crippen LogP) is 18.6. The Hall–Kier alpha value is -17.7. The van der Waals surface area contributed by atoms with Gasteiger partial charge in [-0.1, -0.05) is 121 Å². The average Bonchev–Trinajstić information content (AvgIpc) is 1.55. The summed E-state index contributed by atoms with van der Waals surface area (Å²) < 4.78 is 61.4. The first kappa shape index (κ1) is 72.3. The zero-order valence-corrected chi connectivity index (χ0v) is 72.1. The monoisotopic (exact) mass is 1750 g/mol. The van der Waals surface area contributed by atoms with Crippen molar-refractivity contribution in [3.8, 4) is 91.1 Å². The Labute approximate surface area is 765 Å². The maximum absolute atomic E-state index is 8.25. The molecule has 0 saturated heterocycles. The lowest BCUT2D eigenvalue weighted by molar-refractivity contribution is -0.645. The van der Waals surface area contributed by atoms with Crippen molar-refractivity contribution in [1.29, 1.82) is 0 Å². The summed E-state index contributed by atoms with van der Waals surface area (Å²) in [7, 11) is 2.13. The molecule has 0 bridgehead atoms. The number of hydrogen-bond donors (Lipinski definition) is 0. The summed E-state index contributed by atoms with van der Waals surface area (Å²) in [5.74, 6) is 5.60. The van der Waals surface area contributed by atoms with Gasteiger partial charge in [-0.15, -0.1) is 0 Å². The molecule has 630 valence electrons. The molecule has 0 radical (unpaired) electrons. The number of para-hydroxylation sites is 6. The molecule has 0 spiro atoms. The van der Waals surface area contributed by atoms with Crippen LogP contribution < -0.4 is 22.8 Å². The number of aryl methyl sites for hydroxylation is 2. The van der Waals surface area contributed by atoms with E-state index in [9.17, 15) is 0 Å². The van der Waals surface area contributed by atoms with E-state index >= 15 is 0 Å². The highest BCUT2D eigenvalue weighted by Gasteiger charge is 2.45. The Balaban J connectivity index is 0.0000000864. The number of thiophene rings is 1. The quantitative estimate of drug-likeness (QED) is 0.143. The second-order valence-electron chi connectivity index (χ2n) is 33.6. The highest BCUT2D eigenvalue weighted by Crippen LogP contribution is 2.46. The van der Waals surface area contributed by atoms with Crippen LogP contribution in [0.4, 0.5) is 0 Å². The predicted molar refractivity (Wildman–Crippen MR) is 513 cm³/mol. The molecular formula is C108H76N23OS+5. The van der Waals surface area contributed by atoms with Gasteiger partial charge in [-0.05, 0) is 127 Å². The van der Waals surface area contributed by atoms with Crippen molar-refractivity contribution in [3.63, 3.8) is 0 Å². The lowest BCUT2D eigenvalue weighted by Gasteiger charge is -2.08. The molecule has 133 heavy (non-hydrogen) atoms. The van der Waals surface area contributed by atoms with Crippen LogP contribution in [0, 0.1) is 0 Å². The standard InChI is InChI=1S/C26H18N5.2C21H16N5.C20H13N4O.C20H13N4S/c1-3-7-19(8-4-1)30-23-12-14-28-16-22(23)24-26(30)31(20-9-5-2-6-10-20)25-21-15-27-13-11-18(21)17-29(24)25;2*1-24-18-8-10-23-12-17(18)19-21(24)26(15-5-3-2-4-6-15)20-16-11-22-9-7-14(16)13-25(19)20;2*1-2-4-14(5-3-1)24-19-15-10-21-8-6-13(15)12-23(19)18-16-11-22-9-7-17(16)25-20(18)24/h1-16H,17H2;2*2-12H,13H2,1H3;2*1-11H,12H2/q5*+1/i;1D3;;;. The number of nitrogens with zero attached hydrogens (tertiary/aromatic N) is 23. The van der Waals surface area contributed by atoms with Crippen LogP contribution in [0.1, 0.15) is 31.9 Å². The molecule has 0 saturated carbocycles. The van der Waals surface area contributed by atoms with E-state index in [1.54, 1.807) is 30.9 Å². The molecule has 0 fully saturated rings. The van der Waals surface area contributed by atoms with Gasteiger partial charge in [-0.3, -0.25) is 54.4 Å². The number of fused-ring (bicyclic) bond motifs is 35. The maximum atomic E-state index is 8.25. The summed E-state index contributed by atoms with van der Waals surface area (Å²) in [4.78, 5) is 44.9. The van der Waals surface area contributed by atoms with Gasteiger partial charge in [0.05, 0.1) is 71.3 Å². The number of hydrogen-bond acceptors (Lipinski definition) is 12. The van der Waals surface area contributed by atoms with Gasteiger partial charge in [-0.2, -0.15) is 22.8 Å². The summed E-state index contributed by atoms with van der Waals surface area (Å²) in [6.45, 7) is 1.71. The van der Waals surface area contributed by atoms with Gasteiger partial charge < -0.3 is 13.6 Å². The van der Waals surface area contributed by atoms with Gasteiger partial charge in [-0.25, -0.2) is 22.8 Å². The van der Waals surface area contributed by atoms with E-state index in [2.05, 4.69) is 283 Å². The summed E-state index contributed by atoms with van der Waals surface area (Å²) in [6.07, 6.45) is 37.6. The molecule has 0 atom stereocenters. The SMILES string of the molecule is Cn1c2ccncc2c2c1n(-c1ccccc1)c1[n+]2Cc2ccncc2-1.[2H]C([2H])([2H])n1c2ccncc2c2c1n(-c1ccccc1)c1[n+]2Cc2ccncc2-1.c1ccc(-n2c3[n+](c4c5cnccc5n(-c5ccccc5)c42)Cc2ccncc2-3)cc1.c1ccc(-n2c3[n+](c4c5cnccc5oc42)Cc2ccncc2-3)cc1.c1ccc(-n2c3[n+](c4c5cnccc5sc42)Cc2ccncc2-3)cc1. The Kier molecular flexibility index (Phi) is 16.3. The largest absolute Gasteiger partial charge is 0.419 e. The van der Waals surface area contributed by atoms with Crippen molar-refractivity contribution < 1.29 is 31.4 Å². The molecule has 25 heterocycles. The average molecular weight is 1750 g/mol. The Morgan fingerprint density at radius 1 is 0.271 bits per heavy atom. The molecule has 20 aromatic heterocycles. The van der Waals surface area contributed by atoms with Gasteiger partial charge in [0.15, 0.2) is 5.52 Å². The molecule has 25 heteroatoms. The third kappa shape index (κ3) is 11.4. The van der Waals surface area contributed by atoms with Crippen LogP contribution in [0.25, 0.3) is 200 Å². The number of pyridine rings is 10. The Morgan fingerprint density at radius 2 is 0.571 bits per heavy atom. The summed E-state index contributed by atoms with van der Waals surface area (Å²) in [5, 5.41) is 5.42. The van der Waals surface area contributed by atoms with E-state index in [1.165, 1.54) is 114 Å². The minimum atomic E-state index is -2.34. The van der Waals surface area contributed by atoms with Crippen LogP contribution in [-0.4, -0.2) is 86.4 Å². The third-order valence-electron chi connectivity index (χ3n) is 26.5. The molecule has 5 aliphatic rings. The van der Waals surface area contributed by atoms with Crippen LogP contribution in [0.5, 0.6) is 0 Å². The van der Waals surface area contributed by atoms with Crippen LogP contribution in [0.3, 0.4) is 0 Å². The molecule has 0 aliphatic carbocycles. The van der Waals surface area contributed by atoms with Crippen LogP contribution in [0.2, 0.25) is 0 Å². The van der Waals surface area contributed by atoms with Crippen molar-refractivity contribution in [3.05, 3.63) is 394 Å². The second kappa shape index (κ2) is 30.0. The highest BCUT2D eigenvalue weighted by atomic mass is 32.1. The second-order valence-corrected chi connectivity index (χ2v) is 34.6. The number of furan rings is 1. The minimum Gasteiger partial charge on any atom is -0.419 e. The molecule has 5 aliphatic heterocycles. The van der Waals surface area contributed by atoms with Gasteiger partial charge in [0, 0.05) is 186 Å². The van der Waals surface area contributed by atoms with Crippen molar-refractivity contribution >= 4 is 120 Å². The minimum absolute atomic E-state index is 0.642. The van der Waals surface area contributed by atoms with E-state index in [1.807, 2.05) is 176 Å². The van der Waals surface area contributed by atoms with E-state index < -0.39 is 6.98 Å². The zero-order chi connectivity index (χ0) is 90.1. The number of imidazole rings is 5. The van der Waals surface area contributed by atoms with Crippen LogP contribution in [-0.2, 0) is 46.7 Å². The first-order valence-corrected chi connectivity index (χ1v) is 44.8. The molecule has 26 aromatic rings. The van der Waals surface area contributed by atoms with Gasteiger partial charge in [0.1, 0.15) is 66.7 Å². The lowest BCUT2D eigenvalue weighted by atomic mass is 10.1. The highest BCUT2D eigenvalue weighted by molar-refractivity contribution is 7.25. The summed E-state index contributed by atoms with van der Waals surface area (Å²) in [5.41, 5.74) is 32.0. The molecule has 0 unspecified atom stereocenters. The fraction of sp³-hybridized carbons (Fsp3) is 0.0648. The van der Waals surface area contributed by atoms with E-state index in [-0.39, 0.29) is 0 Å². The molecule has 31 rings (SSSR count). The van der Waals surface area contributed by atoms with Crippen LogP contribution in [0.15, 0.2) is 371 Å². The number of rotatable bonds is 6. The smallest absolute Gasteiger partial charge is 0.344 e. The topological polar surface area (TPSA) is 201 Å². The van der Waals surface area contributed by atoms with Gasteiger partial charge >= 0.3 is 5.71 Å². The number of aromatic nitrogens is 23. The molecule has 24 nitrogen and oxygen atoms in total. The molecular weight excluding hydrogens is 1670 g/mol. The summed E-state index contributed by atoms with van der Waals surface area (Å²) in [6, 6.07) is 82.8. The summed E-state index contributed by atoms with van der Waals surface area (Å²) >= 11 is 1.82. The Morgan fingerprint density at radius 3 is 1.01 bits per heavy atom. The first-order valence-electron chi connectivity index (χ1n) is 45.5. The van der Waals surface area contributed by atoms with Crippen LogP contribution >= 0.6 is 11.3 Å². The van der Waals surface area contributed by atoms with E-state index in [0.717, 1.165) is 133 Å². The fourth-order valence-electron chi connectivity index (χ4n) is 20.9. The van der Waals surface area contributed by atoms with Crippen molar-refractivity contribution in [2.45, 2.75) is 32.7 Å². The number of benzene rings is 6. The normalized spacial score (nSPS) is 13.0. The van der Waals surface area contributed by atoms with E-state index in [4.69, 9.17) is 8.53 Å². The van der Waals surface area contributed by atoms with Crippen molar-refractivity contribution in [2.75, 3.05) is 0 Å². The third-order valence-corrected chi connectivity index (χ3v) is 27.6. The fourth-order valence-corrected chi connectivity index (χ4v) is 22.1. The van der Waals surface area contributed by atoms with E-state index in [0.29, 0.717) is 17.7 Å². The Bertz CT molecular complexity index is 9150. The molecule has 6 aromatic carbocycles. The van der Waals surface area contributed by atoms with Crippen molar-refractivity contribution in [1.82, 2.24) is 86.4 Å². The first-order chi connectivity index (χ1) is 67.1. The lowest BCUT2D eigenvalue weighted by Crippen LogP contribution is -2.31. The van der Waals surface area contributed by atoms with Crippen molar-refractivity contribution in [2.24, 2.45) is 14.0 Å². The van der Waals surface area contributed by atoms with Gasteiger partial charge in [0.2, 0.25) is 26.9 Å².